The summed E-state index contributed by atoms with van der Waals surface area (Å²) in [7, 11) is 0. The summed E-state index contributed by atoms with van der Waals surface area (Å²) in [5.74, 6) is -0.268. The Morgan fingerprint density at radius 3 is 2.96 bits per heavy atom. The smallest absolute Gasteiger partial charge is 0.256 e. The first-order valence-corrected chi connectivity index (χ1v) is 7.84. The zero-order valence-electron chi connectivity index (χ0n) is 13.4. The van der Waals surface area contributed by atoms with Crippen LogP contribution in [0.25, 0.3) is 0 Å². The topological polar surface area (TPSA) is 46.1 Å². The number of nitrogens with zero attached hydrogens (tertiary/aromatic N) is 3. The van der Waals surface area contributed by atoms with Gasteiger partial charge in [-0.1, -0.05) is 12.1 Å². The quantitative estimate of drug-likeness (QED) is 0.874. The lowest BCUT2D eigenvalue weighted by Crippen LogP contribution is -2.46. The fourth-order valence-corrected chi connectivity index (χ4v) is 3.39. The SMILES string of the molecule is Cc1cc(C(=O)N2CCCC2(C)Cc2cccc(F)c2)cnn1. The maximum absolute atomic E-state index is 13.4. The summed E-state index contributed by atoms with van der Waals surface area (Å²) in [6.45, 7) is 4.61. The summed E-state index contributed by atoms with van der Waals surface area (Å²) in [4.78, 5) is 14.8. The lowest BCUT2D eigenvalue weighted by Gasteiger charge is -2.35. The van der Waals surface area contributed by atoms with E-state index in [9.17, 15) is 9.18 Å². The Bertz CT molecular complexity index is 734. The number of aromatic nitrogens is 2. The molecule has 1 aliphatic heterocycles. The zero-order valence-corrected chi connectivity index (χ0v) is 13.4. The molecule has 0 saturated carbocycles. The fourth-order valence-electron chi connectivity index (χ4n) is 3.39. The van der Waals surface area contributed by atoms with E-state index in [1.165, 1.54) is 12.3 Å². The number of carbonyl (C=O) groups is 1. The largest absolute Gasteiger partial charge is 0.333 e. The molecule has 1 aromatic carbocycles. The van der Waals surface area contributed by atoms with Gasteiger partial charge in [0.15, 0.2) is 0 Å². The van der Waals surface area contributed by atoms with Gasteiger partial charge in [-0.2, -0.15) is 10.2 Å². The third-order valence-corrected chi connectivity index (χ3v) is 4.49. The Morgan fingerprint density at radius 2 is 2.22 bits per heavy atom. The molecule has 2 heterocycles. The van der Waals surface area contributed by atoms with Crippen LogP contribution in [0.1, 0.15) is 41.4 Å². The van der Waals surface area contributed by atoms with Crippen LogP contribution in [0, 0.1) is 12.7 Å². The maximum Gasteiger partial charge on any atom is 0.256 e. The van der Waals surface area contributed by atoms with Gasteiger partial charge < -0.3 is 4.90 Å². The van der Waals surface area contributed by atoms with Gasteiger partial charge in [-0.05, 0) is 56.9 Å². The van der Waals surface area contributed by atoms with E-state index in [0.717, 1.165) is 24.1 Å². The molecule has 1 atom stereocenters. The highest BCUT2D eigenvalue weighted by Crippen LogP contribution is 2.33. The normalized spacial score (nSPS) is 20.7. The number of hydrogen-bond acceptors (Lipinski definition) is 3. The van der Waals surface area contributed by atoms with Gasteiger partial charge in [-0.15, -0.1) is 0 Å². The third-order valence-electron chi connectivity index (χ3n) is 4.49. The predicted molar refractivity (Wildman–Crippen MR) is 85.5 cm³/mol. The molecule has 1 aliphatic rings. The Kier molecular flexibility index (Phi) is 4.11. The number of rotatable bonds is 3. The average molecular weight is 313 g/mol. The van der Waals surface area contributed by atoms with Gasteiger partial charge in [0, 0.05) is 12.1 Å². The van der Waals surface area contributed by atoms with Gasteiger partial charge in [-0.3, -0.25) is 4.79 Å². The highest BCUT2D eigenvalue weighted by atomic mass is 19.1. The molecule has 1 aromatic heterocycles. The zero-order chi connectivity index (χ0) is 16.4. The van der Waals surface area contributed by atoms with Crippen LogP contribution < -0.4 is 0 Å². The highest BCUT2D eigenvalue weighted by Gasteiger charge is 2.40. The number of halogens is 1. The van der Waals surface area contributed by atoms with Crippen LogP contribution in [0.3, 0.4) is 0 Å². The number of carbonyl (C=O) groups excluding carboxylic acids is 1. The monoisotopic (exact) mass is 313 g/mol. The van der Waals surface area contributed by atoms with Crippen LogP contribution >= 0.6 is 0 Å². The van der Waals surface area contributed by atoms with Crippen molar-refractivity contribution in [3.05, 3.63) is 59.2 Å². The van der Waals surface area contributed by atoms with Crippen molar-refractivity contribution in [3.8, 4) is 0 Å². The van der Waals surface area contributed by atoms with Crippen molar-refractivity contribution in [3.63, 3.8) is 0 Å². The van der Waals surface area contributed by atoms with E-state index in [2.05, 4.69) is 17.1 Å². The lowest BCUT2D eigenvalue weighted by atomic mass is 9.89. The summed E-state index contributed by atoms with van der Waals surface area (Å²) in [5, 5.41) is 7.77. The van der Waals surface area contributed by atoms with Crippen molar-refractivity contribution in [1.29, 1.82) is 0 Å². The van der Waals surface area contributed by atoms with Crippen LogP contribution in [0.2, 0.25) is 0 Å². The van der Waals surface area contributed by atoms with Crippen molar-refractivity contribution in [1.82, 2.24) is 15.1 Å². The van der Waals surface area contributed by atoms with Crippen molar-refractivity contribution in [2.45, 2.75) is 38.6 Å². The summed E-state index contributed by atoms with van der Waals surface area (Å²) < 4.78 is 13.4. The molecule has 0 aliphatic carbocycles. The second-order valence-corrected chi connectivity index (χ2v) is 6.45. The van der Waals surface area contributed by atoms with E-state index in [0.29, 0.717) is 18.5 Å². The van der Waals surface area contributed by atoms with Crippen LogP contribution in [0.4, 0.5) is 4.39 Å². The van der Waals surface area contributed by atoms with E-state index in [-0.39, 0.29) is 17.3 Å². The molecule has 0 N–H and O–H groups in total. The highest BCUT2D eigenvalue weighted by molar-refractivity contribution is 5.94. The molecule has 5 heteroatoms. The number of hydrogen-bond donors (Lipinski definition) is 0. The van der Waals surface area contributed by atoms with Crippen LogP contribution in [-0.4, -0.2) is 33.1 Å². The van der Waals surface area contributed by atoms with Crippen molar-refractivity contribution < 1.29 is 9.18 Å². The average Bonchev–Trinajstić information content (AvgIpc) is 2.88. The van der Waals surface area contributed by atoms with E-state index >= 15 is 0 Å². The number of aryl methyl sites for hydroxylation is 1. The molecular weight excluding hydrogens is 293 g/mol. The summed E-state index contributed by atoms with van der Waals surface area (Å²) in [6, 6.07) is 8.37. The first kappa shape index (κ1) is 15.6. The minimum Gasteiger partial charge on any atom is -0.333 e. The summed E-state index contributed by atoms with van der Waals surface area (Å²) in [5.41, 5.74) is 1.89. The summed E-state index contributed by atoms with van der Waals surface area (Å²) >= 11 is 0. The van der Waals surface area contributed by atoms with Crippen molar-refractivity contribution in [2.75, 3.05) is 6.54 Å². The molecule has 3 rings (SSSR count). The van der Waals surface area contributed by atoms with Gasteiger partial charge in [0.05, 0.1) is 17.5 Å². The summed E-state index contributed by atoms with van der Waals surface area (Å²) in [6.07, 6.45) is 4.02. The molecule has 4 nitrogen and oxygen atoms in total. The molecule has 120 valence electrons. The second kappa shape index (κ2) is 6.07. The number of amides is 1. The van der Waals surface area contributed by atoms with Gasteiger partial charge in [-0.25, -0.2) is 4.39 Å². The molecule has 23 heavy (non-hydrogen) atoms. The third kappa shape index (κ3) is 3.23. The first-order valence-electron chi connectivity index (χ1n) is 7.84. The van der Waals surface area contributed by atoms with Crippen LogP contribution in [0.15, 0.2) is 36.5 Å². The lowest BCUT2D eigenvalue weighted by molar-refractivity contribution is 0.0623. The van der Waals surface area contributed by atoms with Gasteiger partial charge >= 0.3 is 0 Å². The maximum atomic E-state index is 13.4. The second-order valence-electron chi connectivity index (χ2n) is 6.45. The van der Waals surface area contributed by atoms with Gasteiger partial charge in [0.25, 0.3) is 5.91 Å². The van der Waals surface area contributed by atoms with Gasteiger partial charge in [0.2, 0.25) is 0 Å². The van der Waals surface area contributed by atoms with Crippen molar-refractivity contribution >= 4 is 5.91 Å². The molecular formula is C18H20FN3O. The first-order chi connectivity index (χ1) is 11.0. The van der Waals surface area contributed by atoms with Crippen molar-refractivity contribution in [2.24, 2.45) is 0 Å². The fraction of sp³-hybridized carbons (Fsp3) is 0.389. The molecule has 0 radical (unpaired) electrons. The molecule has 1 unspecified atom stereocenters. The number of benzene rings is 1. The minimum atomic E-state index is -0.304. The Balaban J connectivity index is 1.85. The van der Waals surface area contributed by atoms with E-state index in [1.807, 2.05) is 17.9 Å². The van der Waals surface area contributed by atoms with E-state index < -0.39 is 0 Å². The van der Waals surface area contributed by atoms with E-state index in [4.69, 9.17) is 0 Å². The predicted octanol–water partition coefficient (Wildman–Crippen LogP) is 3.16. The van der Waals surface area contributed by atoms with Crippen LogP contribution in [0.5, 0.6) is 0 Å². The minimum absolute atomic E-state index is 0.0283. The standard InChI is InChI=1S/C18H20FN3O/c1-13-9-15(12-20-21-13)17(23)22-8-4-7-18(22,2)11-14-5-3-6-16(19)10-14/h3,5-6,9-10,12H,4,7-8,11H2,1-2H3. The molecule has 1 fully saturated rings. The van der Waals surface area contributed by atoms with Crippen LogP contribution in [-0.2, 0) is 6.42 Å². The molecule has 1 saturated heterocycles. The Morgan fingerprint density at radius 1 is 1.39 bits per heavy atom. The molecule has 2 aromatic rings. The molecule has 0 bridgehead atoms. The van der Waals surface area contributed by atoms with Gasteiger partial charge in [0.1, 0.15) is 5.82 Å². The molecule has 1 amide bonds. The molecule has 0 spiro atoms. The number of likely N-dealkylation sites (tertiary alicyclic amines) is 1. The Hall–Kier alpha value is -2.30. The van der Waals surface area contributed by atoms with E-state index in [1.54, 1.807) is 18.2 Å². The Labute approximate surface area is 135 Å².